The summed E-state index contributed by atoms with van der Waals surface area (Å²) in [6.07, 6.45) is 2.10. The van der Waals surface area contributed by atoms with Gasteiger partial charge in [-0.3, -0.25) is 9.69 Å². The minimum atomic E-state index is -0.749. The molecule has 1 amide bonds. The van der Waals surface area contributed by atoms with E-state index in [9.17, 15) is 4.79 Å². The Kier molecular flexibility index (Phi) is 4.78. The van der Waals surface area contributed by atoms with Crippen molar-refractivity contribution < 1.29 is 4.79 Å². The number of carbonyl (C=O) groups is 1. The maximum atomic E-state index is 13.1. The van der Waals surface area contributed by atoms with Crippen LogP contribution in [0.25, 0.3) is 0 Å². The zero-order chi connectivity index (χ0) is 17.2. The zero-order valence-corrected chi connectivity index (χ0v) is 14.3. The predicted molar refractivity (Wildman–Crippen MR) is 94.2 cm³/mol. The van der Waals surface area contributed by atoms with Gasteiger partial charge in [-0.15, -0.1) is 0 Å². The summed E-state index contributed by atoms with van der Waals surface area (Å²) in [7, 11) is 0. The molecular formula is C18H26N4O. The number of nitrogens with zero attached hydrogens (tertiary/aromatic N) is 2. The van der Waals surface area contributed by atoms with E-state index in [2.05, 4.69) is 13.8 Å². The van der Waals surface area contributed by atoms with Gasteiger partial charge in [0, 0.05) is 18.4 Å². The number of benzene rings is 1. The van der Waals surface area contributed by atoms with Crippen molar-refractivity contribution >= 4 is 17.8 Å². The number of para-hydroxylation sites is 1. The lowest BCUT2D eigenvalue weighted by Crippen LogP contribution is -2.62. The van der Waals surface area contributed by atoms with Crippen LogP contribution in [0.2, 0.25) is 0 Å². The van der Waals surface area contributed by atoms with Crippen LogP contribution in [0.5, 0.6) is 0 Å². The molecule has 0 saturated heterocycles. The summed E-state index contributed by atoms with van der Waals surface area (Å²) in [6, 6.07) is 9.36. The highest BCUT2D eigenvalue weighted by atomic mass is 16.2. The molecule has 3 N–H and O–H groups in total. The van der Waals surface area contributed by atoms with Crippen LogP contribution in [-0.4, -0.2) is 29.1 Å². The quantitative estimate of drug-likeness (QED) is 0.821. The maximum Gasteiger partial charge on any atom is 0.257 e. The van der Waals surface area contributed by atoms with Gasteiger partial charge in [0.1, 0.15) is 17.1 Å². The molecule has 0 atom stereocenters. The smallest absolute Gasteiger partial charge is 0.257 e. The molecule has 0 radical (unpaired) electrons. The van der Waals surface area contributed by atoms with Gasteiger partial charge in [-0.2, -0.15) is 0 Å². The molecular weight excluding hydrogens is 288 g/mol. The van der Waals surface area contributed by atoms with Crippen molar-refractivity contribution in [2.75, 3.05) is 11.4 Å². The fourth-order valence-corrected chi connectivity index (χ4v) is 2.81. The molecule has 5 heteroatoms. The fourth-order valence-electron chi connectivity index (χ4n) is 2.81. The Labute approximate surface area is 138 Å². The van der Waals surface area contributed by atoms with Crippen molar-refractivity contribution in [3.05, 3.63) is 41.8 Å². The summed E-state index contributed by atoms with van der Waals surface area (Å²) in [5.74, 6) is 0.929. The second-order valence-corrected chi connectivity index (χ2v) is 6.78. The molecule has 1 aliphatic heterocycles. The van der Waals surface area contributed by atoms with E-state index in [4.69, 9.17) is 11.1 Å². The highest BCUT2D eigenvalue weighted by molar-refractivity contribution is 6.09. The lowest BCUT2D eigenvalue weighted by atomic mass is 9.95. The SMILES string of the molecule is CC(C)CCN1C(N)=C(C=N)N(c2ccccc2)C(=O)C1(C)C. The Morgan fingerprint density at radius 2 is 1.87 bits per heavy atom. The summed E-state index contributed by atoms with van der Waals surface area (Å²) in [5, 5.41) is 7.75. The van der Waals surface area contributed by atoms with Crippen LogP contribution in [0.15, 0.2) is 41.8 Å². The van der Waals surface area contributed by atoms with E-state index in [0.29, 0.717) is 24.0 Å². The van der Waals surface area contributed by atoms with Gasteiger partial charge in [-0.05, 0) is 38.3 Å². The maximum absolute atomic E-state index is 13.1. The standard InChI is InChI=1S/C18H26N4O/c1-13(2)10-11-21-16(20)15(12-19)22(17(23)18(21,3)4)14-8-6-5-7-9-14/h5-9,12-13,19H,10-11,20H2,1-4H3. The van der Waals surface area contributed by atoms with Gasteiger partial charge in [0.05, 0.1) is 0 Å². The molecule has 1 heterocycles. The number of amides is 1. The minimum Gasteiger partial charge on any atom is -0.384 e. The van der Waals surface area contributed by atoms with Crippen LogP contribution in [0, 0.1) is 11.3 Å². The number of carbonyl (C=O) groups excluding carboxylic acids is 1. The Morgan fingerprint density at radius 3 is 2.39 bits per heavy atom. The molecule has 0 aliphatic carbocycles. The third kappa shape index (κ3) is 3.09. The van der Waals surface area contributed by atoms with Crippen molar-refractivity contribution in [2.45, 2.75) is 39.7 Å². The van der Waals surface area contributed by atoms with Gasteiger partial charge in [-0.25, -0.2) is 0 Å². The van der Waals surface area contributed by atoms with Gasteiger partial charge in [-0.1, -0.05) is 32.0 Å². The van der Waals surface area contributed by atoms with E-state index < -0.39 is 5.54 Å². The van der Waals surface area contributed by atoms with E-state index >= 15 is 0 Å². The molecule has 0 spiro atoms. The van der Waals surface area contributed by atoms with E-state index in [1.807, 2.05) is 49.1 Å². The van der Waals surface area contributed by atoms with Gasteiger partial charge < -0.3 is 16.0 Å². The lowest BCUT2D eigenvalue weighted by molar-refractivity contribution is -0.128. The molecule has 1 aliphatic rings. The van der Waals surface area contributed by atoms with Gasteiger partial charge in [0.25, 0.3) is 5.91 Å². The average molecular weight is 314 g/mol. The van der Waals surface area contributed by atoms with E-state index in [0.717, 1.165) is 18.3 Å². The largest absolute Gasteiger partial charge is 0.384 e. The number of hydrogen-bond acceptors (Lipinski definition) is 4. The molecule has 5 nitrogen and oxygen atoms in total. The number of nitrogens with two attached hydrogens (primary N) is 1. The second kappa shape index (κ2) is 6.44. The molecule has 2 rings (SSSR count). The van der Waals surface area contributed by atoms with Gasteiger partial charge in [0.15, 0.2) is 0 Å². The van der Waals surface area contributed by atoms with Crippen LogP contribution < -0.4 is 10.6 Å². The second-order valence-electron chi connectivity index (χ2n) is 6.78. The molecule has 1 aromatic rings. The highest BCUT2D eigenvalue weighted by Gasteiger charge is 2.45. The number of hydrogen-bond donors (Lipinski definition) is 2. The summed E-state index contributed by atoms with van der Waals surface area (Å²) in [5.41, 5.74) is 6.76. The highest BCUT2D eigenvalue weighted by Crippen LogP contribution is 2.33. The van der Waals surface area contributed by atoms with E-state index in [-0.39, 0.29) is 5.91 Å². The molecule has 23 heavy (non-hydrogen) atoms. The van der Waals surface area contributed by atoms with Crippen LogP contribution in [-0.2, 0) is 4.79 Å². The van der Waals surface area contributed by atoms with Crippen LogP contribution in [0.3, 0.4) is 0 Å². The monoisotopic (exact) mass is 314 g/mol. The minimum absolute atomic E-state index is 0.0693. The van der Waals surface area contributed by atoms with Crippen molar-refractivity contribution in [3.8, 4) is 0 Å². The molecule has 1 aromatic carbocycles. The average Bonchev–Trinajstić information content (AvgIpc) is 2.51. The first-order valence-corrected chi connectivity index (χ1v) is 7.98. The van der Waals surface area contributed by atoms with Crippen molar-refractivity contribution in [1.82, 2.24) is 4.90 Å². The third-order valence-corrected chi connectivity index (χ3v) is 4.28. The Morgan fingerprint density at radius 1 is 1.26 bits per heavy atom. The summed E-state index contributed by atoms with van der Waals surface area (Å²) in [6.45, 7) is 8.76. The Balaban J connectivity index is 2.51. The molecule has 0 saturated carbocycles. The number of rotatable bonds is 5. The molecule has 124 valence electrons. The summed E-state index contributed by atoms with van der Waals surface area (Å²) >= 11 is 0. The van der Waals surface area contributed by atoms with Crippen molar-refractivity contribution in [2.24, 2.45) is 11.7 Å². The molecule has 0 bridgehead atoms. The predicted octanol–water partition coefficient (Wildman–Crippen LogP) is 2.94. The third-order valence-electron chi connectivity index (χ3n) is 4.28. The fraction of sp³-hybridized carbons (Fsp3) is 0.444. The van der Waals surface area contributed by atoms with E-state index in [1.54, 1.807) is 4.90 Å². The molecule has 0 aromatic heterocycles. The first-order chi connectivity index (χ1) is 10.8. The van der Waals surface area contributed by atoms with Crippen molar-refractivity contribution in [3.63, 3.8) is 0 Å². The number of nitrogens with one attached hydrogen (secondary N) is 1. The Hall–Kier alpha value is -2.30. The lowest BCUT2D eigenvalue weighted by Gasteiger charge is -2.47. The number of anilines is 1. The first-order valence-electron chi connectivity index (χ1n) is 7.98. The first kappa shape index (κ1) is 17.1. The molecule has 0 unspecified atom stereocenters. The van der Waals surface area contributed by atoms with Crippen molar-refractivity contribution in [1.29, 1.82) is 5.41 Å². The van der Waals surface area contributed by atoms with Crippen LogP contribution in [0.1, 0.15) is 34.1 Å². The van der Waals surface area contributed by atoms with Crippen LogP contribution >= 0.6 is 0 Å². The van der Waals surface area contributed by atoms with E-state index in [1.165, 1.54) is 0 Å². The summed E-state index contributed by atoms with van der Waals surface area (Å²) in [4.78, 5) is 16.6. The summed E-state index contributed by atoms with van der Waals surface area (Å²) < 4.78 is 0. The van der Waals surface area contributed by atoms with Gasteiger partial charge >= 0.3 is 0 Å². The Bertz CT molecular complexity index is 619. The number of allylic oxidation sites excluding steroid dienone is 1. The molecule has 0 fully saturated rings. The normalized spacial score (nSPS) is 17.9. The zero-order valence-electron chi connectivity index (χ0n) is 14.3. The topological polar surface area (TPSA) is 73.4 Å². The van der Waals surface area contributed by atoms with Crippen LogP contribution in [0.4, 0.5) is 5.69 Å². The van der Waals surface area contributed by atoms with Gasteiger partial charge in [0.2, 0.25) is 0 Å².